The highest BCUT2D eigenvalue weighted by Crippen LogP contribution is 2.60. The second kappa shape index (κ2) is 5.14. The highest BCUT2D eigenvalue weighted by molar-refractivity contribution is 9.12. The van der Waals surface area contributed by atoms with Gasteiger partial charge in [0.15, 0.2) is 0 Å². The molecule has 4 rings (SSSR count). The van der Waals surface area contributed by atoms with Crippen LogP contribution in [0.1, 0.15) is 16.8 Å². The maximum Gasteiger partial charge on any atom is 0.335 e. The predicted molar refractivity (Wildman–Crippen MR) is 89.9 cm³/mol. The van der Waals surface area contributed by atoms with Gasteiger partial charge in [-0.05, 0) is 42.5 Å². The number of imide groups is 1. The Balaban J connectivity index is 1.68. The molecule has 2 amide bonds. The minimum absolute atomic E-state index is 0.133. The van der Waals surface area contributed by atoms with Crippen LogP contribution in [-0.4, -0.2) is 32.5 Å². The lowest BCUT2D eigenvalue weighted by Gasteiger charge is -2.28. The number of hydrogen-bond acceptors (Lipinski definition) is 3. The molecule has 0 spiro atoms. The Labute approximate surface area is 149 Å². The number of carbonyl (C=O) groups is 3. The zero-order chi connectivity index (χ0) is 16.5. The molecule has 5 nitrogen and oxygen atoms in total. The van der Waals surface area contributed by atoms with E-state index in [-0.39, 0.29) is 50.7 Å². The van der Waals surface area contributed by atoms with Crippen LogP contribution in [0.25, 0.3) is 0 Å². The Kier molecular flexibility index (Phi) is 3.43. The number of rotatable bonds is 2. The van der Waals surface area contributed by atoms with E-state index in [0.29, 0.717) is 5.69 Å². The van der Waals surface area contributed by atoms with Gasteiger partial charge in [0.1, 0.15) is 0 Å². The van der Waals surface area contributed by atoms with Crippen LogP contribution < -0.4 is 4.90 Å². The summed E-state index contributed by atoms with van der Waals surface area (Å²) in [7, 11) is 0. The molecule has 2 saturated carbocycles. The number of carboxylic acid groups (broad SMARTS) is 1. The highest BCUT2D eigenvalue weighted by Gasteiger charge is 2.66. The van der Waals surface area contributed by atoms with Gasteiger partial charge >= 0.3 is 5.97 Å². The number of halogens is 2. The molecule has 1 aliphatic heterocycles. The summed E-state index contributed by atoms with van der Waals surface area (Å²) >= 11 is 7.30. The molecule has 6 atom stereocenters. The van der Waals surface area contributed by atoms with E-state index in [2.05, 4.69) is 31.9 Å². The van der Waals surface area contributed by atoms with Crippen molar-refractivity contribution in [2.24, 2.45) is 23.7 Å². The molecule has 1 saturated heterocycles. The van der Waals surface area contributed by atoms with Crippen molar-refractivity contribution in [3.8, 4) is 0 Å². The highest BCUT2D eigenvalue weighted by atomic mass is 79.9. The van der Waals surface area contributed by atoms with Gasteiger partial charge in [-0.2, -0.15) is 0 Å². The van der Waals surface area contributed by atoms with E-state index in [1.807, 2.05) is 0 Å². The fraction of sp³-hybridized carbons (Fsp3) is 0.438. The molecule has 1 aromatic rings. The van der Waals surface area contributed by atoms with Crippen LogP contribution in [0.3, 0.4) is 0 Å². The number of anilines is 1. The molecular weight excluding hydrogens is 430 g/mol. The van der Waals surface area contributed by atoms with Gasteiger partial charge in [-0.15, -0.1) is 0 Å². The number of aromatic carboxylic acids is 1. The monoisotopic (exact) mass is 441 g/mol. The summed E-state index contributed by atoms with van der Waals surface area (Å²) in [5.41, 5.74) is 0.588. The van der Waals surface area contributed by atoms with Crippen molar-refractivity contribution in [1.82, 2.24) is 0 Å². The van der Waals surface area contributed by atoms with Gasteiger partial charge in [0.2, 0.25) is 11.8 Å². The van der Waals surface area contributed by atoms with E-state index in [4.69, 9.17) is 5.11 Å². The zero-order valence-electron chi connectivity index (χ0n) is 11.9. The van der Waals surface area contributed by atoms with Crippen LogP contribution in [0, 0.1) is 23.7 Å². The maximum absolute atomic E-state index is 12.8. The zero-order valence-corrected chi connectivity index (χ0v) is 15.0. The SMILES string of the molecule is O=C(O)c1ccc(N2C(=O)[C@H]3[C@H]4C[C@@H]([C@@H](Br)[C@@H]4Br)[C@@H]3C2=O)cc1. The minimum Gasteiger partial charge on any atom is -0.478 e. The molecule has 1 aromatic carbocycles. The fourth-order valence-corrected chi connectivity index (χ4v) is 6.23. The Morgan fingerprint density at radius 1 is 1.00 bits per heavy atom. The molecule has 2 bridgehead atoms. The Morgan fingerprint density at radius 3 is 1.91 bits per heavy atom. The number of hydrogen-bond donors (Lipinski definition) is 1. The standard InChI is InChI=1S/C16H13Br2NO4/c17-12-8-5-9(13(12)18)11-10(8)14(20)19(15(11)21)7-3-1-6(2-4-7)16(22)23/h1-4,8-13H,5H2,(H,22,23)/t8-,9-,10+,11+,12-,13-/m1/s1. The molecule has 23 heavy (non-hydrogen) atoms. The smallest absolute Gasteiger partial charge is 0.335 e. The summed E-state index contributed by atoms with van der Waals surface area (Å²) in [5.74, 6) is -1.51. The first-order valence-corrected chi connectivity index (χ1v) is 9.24. The van der Waals surface area contributed by atoms with E-state index < -0.39 is 5.97 Å². The molecule has 2 aliphatic carbocycles. The average molecular weight is 443 g/mol. The number of alkyl halides is 2. The van der Waals surface area contributed by atoms with Gasteiger partial charge in [-0.25, -0.2) is 4.79 Å². The fourth-order valence-electron chi connectivity index (χ4n) is 4.36. The van der Waals surface area contributed by atoms with E-state index in [1.165, 1.54) is 29.2 Å². The molecule has 3 fully saturated rings. The molecule has 0 unspecified atom stereocenters. The van der Waals surface area contributed by atoms with Crippen molar-refractivity contribution in [2.45, 2.75) is 16.1 Å². The number of carboxylic acids is 1. The molecule has 0 radical (unpaired) electrons. The third-order valence-corrected chi connectivity index (χ3v) is 8.57. The molecule has 7 heteroatoms. The van der Waals surface area contributed by atoms with Gasteiger partial charge in [-0.1, -0.05) is 31.9 Å². The van der Waals surface area contributed by atoms with Crippen LogP contribution >= 0.6 is 31.9 Å². The van der Waals surface area contributed by atoms with Gasteiger partial charge < -0.3 is 5.11 Å². The lowest BCUT2D eigenvalue weighted by Crippen LogP contribution is -2.37. The Morgan fingerprint density at radius 2 is 1.48 bits per heavy atom. The molecule has 0 aromatic heterocycles. The Bertz CT molecular complexity index is 687. The summed E-state index contributed by atoms with van der Waals surface area (Å²) < 4.78 is 0. The Hall–Kier alpha value is -1.21. The summed E-state index contributed by atoms with van der Waals surface area (Å²) in [6.07, 6.45) is 0.893. The minimum atomic E-state index is -1.03. The van der Waals surface area contributed by atoms with Crippen molar-refractivity contribution in [3.05, 3.63) is 29.8 Å². The third-order valence-electron chi connectivity index (χ3n) is 5.36. The summed E-state index contributed by atoms with van der Waals surface area (Å²) in [6.45, 7) is 0. The van der Waals surface area contributed by atoms with Crippen molar-refractivity contribution in [1.29, 1.82) is 0 Å². The largest absolute Gasteiger partial charge is 0.478 e. The number of nitrogens with zero attached hydrogens (tertiary/aromatic N) is 1. The lowest BCUT2D eigenvalue weighted by atomic mass is 9.81. The van der Waals surface area contributed by atoms with Gasteiger partial charge in [-0.3, -0.25) is 14.5 Å². The third kappa shape index (κ3) is 1.99. The van der Waals surface area contributed by atoms with Crippen LogP contribution in [0.2, 0.25) is 0 Å². The van der Waals surface area contributed by atoms with Crippen LogP contribution in [-0.2, 0) is 9.59 Å². The van der Waals surface area contributed by atoms with Gasteiger partial charge in [0, 0.05) is 9.65 Å². The molecular formula is C16H13Br2NO4. The molecule has 1 N–H and O–H groups in total. The van der Waals surface area contributed by atoms with Crippen LogP contribution in [0.5, 0.6) is 0 Å². The van der Waals surface area contributed by atoms with Gasteiger partial charge in [0.25, 0.3) is 0 Å². The number of fused-ring (bicyclic) bond motifs is 5. The quantitative estimate of drug-likeness (QED) is 0.564. The first-order valence-electron chi connectivity index (χ1n) is 7.41. The number of amides is 2. The van der Waals surface area contributed by atoms with E-state index in [1.54, 1.807) is 0 Å². The van der Waals surface area contributed by atoms with E-state index in [9.17, 15) is 14.4 Å². The summed E-state index contributed by atoms with van der Waals surface area (Å²) in [6, 6.07) is 5.89. The summed E-state index contributed by atoms with van der Waals surface area (Å²) in [4.78, 5) is 38.2. The molecule has 3 aliphatic rings. The van der Waals surface area contributed by atoms with Crippen LogP contribution in [0.15, 0.2) is 24.3 Å². The van der Waals surface area contributed by atoms with Crippen molar-refractivity contribution >= 4 is 55.3 Å². The topological polar surface area (TPSA) is 74.7 Å². The lowest BCUT2D eigenvalue weighted by molar-refractivity contribution is -0.123. The average Bonchev–Trinajstić information content (AvgIpc) is 3.12. The predicted octanol–water partition coefficient (Wildman–Crippen LogP) is 2.67. The second-order valence-corrected chi connectivity index (χ2v) is 8.48. The molecule has 1 heterocycles. The van der Waals surface area contributed by atoms with E-state index in [0.717, 1.165) is 6.42 Å². The van der Waals surface area contributed by atoms with Crippen molar-refractivity contribution in [2.75, 3.05) is 4.90 Å². The van der Waals surface area contributed by atoms with E-state index >= 15 is 0 Å². The first kappa shape index (κ1) is 15.3. The number of benzene rings is 1. The second-order valence-electron chi connectivity index (χ2n) is 6.37. The number of carbonyl (C=O) groups excluding carboxylic acids is 2. The van der Waals surface area contributed by atoms with Crippen LogP contribution in [0.4, 0.5) is 5.69 Å². The van der Waals surface area contributed by atoms with Crippen molar-refractivity contribution < 1.29 is 19.5 Å². The first-order chi connectivity index (χ1) is 10.9. The maximum atomic E-state index is 12.8. The normalized spacial score (nSPS) is 38.3. The van der Waals surface area contributed by atoms with Crippen molar-refractivity contribution in [3.63, 3.8) is 0 Å². The van der Waals surface area contributed by atoms with Gasteiger partial charge in [0.05, 0.1) is 23.1 Å². The molecule has 120 valence electrons. The summed E-state index contributed by atoms with van der Waals surface area (Å²) in [5, 5.41) is 8.95.